The van der Waals surface area contributed by atoms with E-state index in [-0.39, 0.29) is 5.91 Å². The molecule has 3 N–H and O–H groups in total. The van der Waals surface area contributed by atoms with Crippen molar-refractivity contribution in [1.82, 2.24) is 14.4 Å². The number of fused-ring (bicyclic) bond motifs is 1. The van der Waals surface area contributed by atoms with Crippen LogP contribution in [0.1, 0.15) is 39.0 Å². The highest BCUT2D eigenvalue weighted by Gasteiger charge is 2.43. The molecule has 1 aliphatic heterocycles. The number of nitrogens with one attached hydrogen (secondary N) is 1. The number of hydrogen-bond donors (Lipinski definition) is 2. The summed E-state index contributed by atoms with van der Waals surface area (Å²) in [5.74, 6) is 0.886. The topological polar surface area (TPSA) is 88.5 Å². The van der Waals surface area contributed by atoms with Crippen LogP contribution in [0, 0.1) is 5.41 Å². The Kier molecular flexibility index (Phi) is 5.35. The van der Waals surface area contributed by atoms with Crippen molar-refractivity contribution in [3.05, 3.63) is 42.9 Å². The van der Waals surface area contributed by atoms with Crippen molar-refractivity contribution in [2.24, 2.45) is 11.1 Å². The van der Waals surface area contributed by atoms with Gasteiger partial charge in [-0.2, -0.15) is 0 Å². The first-order valence-electron chi connectivity index (χ1n) is 10.9. The van der Waals surface area contributed by atoms with Gasteiger partial charge in [0.2, 0.25) is 11.9 Å². The maximum atomic E-state index is 11.2. The minimum absolute atomic E-state index is 0.0715. The molecule has 0 bridgehead atoms. The summed E-state index contributed by atoms with van der Waals surface area (Å²) >= 11 is 1.63. The Morgan fingerprint density at radius 2 is 1.97 bits per heavy atom. The second-order valence-corrected chi connectivity index (χ2v) is 9.81. The fourth-order valence-electron chi connectivity index (χ4n) is 5.06. The largest absolute Gasteiger partial charge is 0.342 e. The van der Waals surface area contributed by atoms with Crippen LogP contribution in [-0.4, -0.2) is 39.4 Å². The molecule has 1 aromatic carbocycles. The lowest BCUT2D eigenvalue weighted by molar-refractivity contribution is -0.114. The van der Waals surface area contributed by atoms with Crippen LogP contribution in [0.25, 0.3) is 5.65 Å². The normalized spacial score (nSPS) is 20.5. The molecule has 1 spiro atoms. The third-order valence-corrected chi connectivity index (χ3v) is 7.81. The summed E-state index contributed by atoms with van der Waals surface area (Å²) in [5.41, 5.74) is 8.50. The SMILES string of the molecule is CC(=O)Nc1ccc(Sc2cnc(N3CCC4(CCCC4N)CC3)n3ccnc23)cc1. The number of imidazole rings is 1. The van der Waals surface area contributed by atoms with Gasteiger partial charge in [-0.3, -0.25) is 9.20 Å². The molecule has 1 saturated heterocycles. The van der Waals surface area contributed by atoms with Gasteiger partial charge in [-0.25, -0.2) is 9.97 Å². The molecule has 1 amide bonds. The Morgan fingerprint density at radius 3 is 2.65 bits per heavy atom. The summed E-state index contributed by atoms with van der Waals surface area (Å²) < 4.78 is 2.10. The molecule has 162 valence electrons. The molecule has 2 aliphatic rings. The van der Waals surface area contributed by atoms with Gasteiger partial charge in [-0.1, -0.05) is 18.2 Å². The van der Waals surface area contributed by atoms with Crippen molar-refractivity contribution in [1.29, 1.82) is 0 Å². The van der Waals surface area contributed by atoms with Gasteiger partial charge in [-0.15, -0.1) is 0 Å². The first kappa shape index (κ1) is 20.3. The van der Waals surface area contributed by atoms with E-state index in [4.69, 9.17) is 10.7 Å². The molecule has 1 atom stereocenters. The standard InChI is InChI=1S/C23H28N6OS/c1-16(30)27-17-4-6-18(7-5-17)31-19-15-26-22(29-14-11-25-21(19)29)28-12-9-23(10-13-28)8-2-3-20(23)24/h4-7,11,14-15,20H,2-3,8-10,12-13,24H2,1H3,(H,27,30). The highest BCUT2D eigenvalue weighted by molar-refractivity contribution is 7.99. The van der Waals surface area contributed by atoms with Gasteiger partial charge in [0.25, 0.3) is 0 Å². The van der Waals surface area contributed by atoms with Crippen LogP contribution in [0.15, 0.2) is 52.6 Å². The summed E-state index contributed by atoms with van der Waals surface area (Å²) in [5, 5.41) is 2.80. The van der Waals surface area contributed by atoms with E-state index in [1.54, 1.807) is 11.8 Å². The van der Waals surface area contributed by atoms with Gasteiger partial charge in [0.05, 0.1) is 4.90 Å². The second kappa shape index (κ2) is 8.16. The van der Waals surface area contributed by atoms with Crippen molar-refractivity contribution in [2.45, 2.75) is 54.9 Å². The molecule has 2 fully saturated rings. The average Bonchev–Trinajstić information content (AvgIpc) is 3.38. The van der Waals surface area contributed by atoms with Crippen LogP contribution >= 0.6 is 11.8 Å². The van der Waals surface area contributed by atoms with Crippen LogP contribution in [0.4, 0.5) is 11.6 Å². The van der Waals surface area contributed by atoms with Crippen molar-refractivity contribution < 1.29 is 4.79 Å². The maximum absolute atomic E-state index is 11.2. The Hall–Kier alpha value is -2.58. The zero-order chi connectivity index (χ0) is 21.4. The van der Waals surface area contributed by atoms with Crippen molar-refractivity contribution in [2.75, 3.05) is 23.3 Å². The minimum atomic E-state index is -0.0715. The summed E-state index contributed by atoms with van der Waals surface area (Å²) in [6.45, 7) is 3.49. The monoisotopic (exact) mass is 436 g/mol. The number of nitrogens with zero attached hydrogens (tertiary/aromatic N) is 4. The van der Waals surface area contributed by atoms with E-state index in [0.29, 0.717) is 11.5 Å². The molecule has 31 heavy (non-hydrogen) atoms. The number of carbonyl (C=O) groups excluding carboxylic acids is 1. The van der Waals surface area contributed by atoms with Crippen molar-refractivity contribution >= 4 is 35.0 Å². The zero-order valence-corrected chi connectivity index (χ0v) is 18.6. The van der Waals surface area contributed by atoms with E-state index in [1.807, 2.05) is 42.9 Å². The summed E-state index contributed by atoms with van der Waals surface area (Å²) in [4.78, 5) is 25.1. The average molecular weight is 437 g/mol. The molecule has 5 rings (SSSR count). The number of anilines is 2. The molecule has 1 unspecified atom stereocenters. The Balaban J connectivity index is 1.34. The molecule has 0 radical (unpaired) electrons. The summed E-state index contributed by atoms with van der Waals surface area (Å²) in [6, 6.07) is 8.17. The van der Waals surface area contributed by atoms with E-state index in [0.717, 1.165) is 53.0 Å². The Labute approximate surface area is 186 Å². The molecule has 3 aromatic rings. The smallest absolute Gasteiger partial charge is 0.221 e. The summed E-state index contributed by atoms with van der Waals surface area (Å²) in [6.07, 6.45) is 11.7. The molecule has 3 heterocycles. The number of benzene rings is 1. The van der Waals surface area contributed by atoms with Crippen LogP contribution in [-0.2, 0) is 4.79 Å². The van der Waals surface area contributed by atoms with E-state index >= 15 is 0 Å². The van der Waals surface area contributed by atoms with E-state index in [2.05, 4.69) is 19.6 Å². The number of rotatable bonds is 4. The van der Waals surface area contributed by atoms with Gasteiger partial charge >= 0.3 is 0 Å². The first-order chi connectivity index (χ1) is 15.0. The Morgan fingerprint density at radius 1 is 1.19 bits per heavy atom. The Bertz CT molecular complexity index is 1090. The van der Waals surface area contributed by atoms with Crippen LogP contribution in [0.3, 0.4) is 0 Å². The lowest BCUT2D eigenvalue weighted by Crippen LogP contribution is -2.47. The number of piperidine rings is 1. The maximum Gasteiger partial charge on any atom is 0.221 e. The van der Waals surface area contributed by atoms with Crippen molar-refractivity contribution in [3.8, 4) is 0 Å². The third-order valence-electron chi connectivity index (χ3n) is 6.79. The van der Waals surface area contributed by atoms with Gasteiger partial charge in [0.1, 0.15) is 0 Å². The quantitative estimate of drug-likeness (QED) is 0.644. The van der Waals surface area contributed by atoms with Gasteiger partial charge in [-0.05, 0) is 55.4 Å². The molecule has 7 nitrogen and oxygen atoms in total. The molecular weight excluding hydrogens is 408 g/mol. The number of nitrogens with two attached hydrogens (primary N) is 1. The first-order valence-corrected chi connectivity index (χ1v) is 11.7. The lowest BCUT2D eigenvalue weighted by atomic mass is 9.74. The number of aromatic nitrogens is 3. The van der Waals surface area contributed by atoms with Crippen LogP contribution in [0.2, 0.25) is 0 Å². The number of hydrogen-bond acceptors (Lipinski definition) is 6. The molecule has 1 saturated carbocycles. The predicted octanol–water partition coefficient (Wildman–Crippen LogP) is 3.94. The summed E-state index contributed by atoms with van der Waals surface area (Å²) in [7, 11) is 0. The highest BCUT2D eigenvalue weighted by atomic mass is 32.2. The highest BCUT2D eigenvalue weighted by Crippen LogP contribution is 2.46. The van der Waals surface area contributed by atoms with Crippen LogP contribution in [0.5, 0.6) is 0 Å². The van der Waals surface area contributed by atoms with Gasteiger partial charge in [0, 0.05) is 55.2 Å². The molecule has 2 aromatic heterocycles. The minimum Gasteiger partial charge on any atom is -0.342 e. The fourth-order valence-corrected chi connectivity index (χ4v) is 5.94. The molecular formula is C23H28N6OS. The lowest BCUT2D eigenvalue weighted by Gasteiger charge is -2.42. The molecule has 1 aliphatic carbocycles. The fraction of sp³-hybridized carbons (Fsp3) is 0.435. The van der Waals surface area contributed by atoms with Crippen molar-refractivity contribution in [3.63, 3.8) is 0 Å². The zero-order valence-electron chi connectivity index (χ0n) is 17.8. The second-order valence-electron chi connectivity index (χ2n) is 8.70. The van der Waals surface area contributed by atoms with E-state index < -0.39 is 0 Å². The third kappa shape index (κ3) is 3.90. The van der Waals surface area contributed by atoms with Gasteiger partial charge < -0.3 is 16.0 Å². The number of carbonyl (C=O) groups is 1. The predicted molar refractivity (Wildman–Crippen MR) is 124 cm³/mol. The van der Waals surface area contributed by atoms with E-state index in [1.165, 1.54) is 26.2 Å². The van der Waals surface area contributed by atoms with E-state index in [9.17, 15) is 4.79 Å². The van der Waals surface area contributed by atoms with Gasteiger partial charge in [0.15, 0.2) is 5.65 Å². The molecule has 8 heteroatoms. The number of amides is 1. The van der Waals surface area contributed by atoms with Crippen LogP contribution < -0.4 is 16.0 Å².